The molecule has 3 rings (SSSR count). The van der Waals surface area contributed by atoms with E-state index in [-0.39, 0.29) is 10.7 Å². The van der Waals surface area contributed by atoms with Gasteiger partial charge in [0, 0.05) is 5.69 Å². The van der Waals surface area contributed by atoms with E-state index in [1.54, 1.807) is 48.1 Å². The lowest BCUT2D eigenvalue weighted by molar-refractivity contribution is 0.102. The molecular formula is C15H12ClN5O2. The summed E-state index contributed by atoms with van der Waals surface area (Å²) in [6, 6.07) is 10.2. The molecular weight excluding hydrogens is 318 g/mol. The average molecular weight is 330 g/mol. The first-order valence-corrected chi connectivity index (χ1v) is 7.02. The summed E-state index contributed by atoms with van der Waals surface area (Å²) in [5.74, 6) is 0.795. The number of ether oxygens (including phenoxy) is 1. The van der Waals surface area contributed by atoms with Crippen molar-refractivity contribution in [3.63, 3.8) is 0 Å². The Hall–Kier alpha value is -2.93. The predicted molar refractivity (Wildman–Crippen MR) is 85.1 cm³/mol. The minimum atomic E-state index is -0.407. The summed E-state index contributed by atoms with van der Waals surface area (Å²) in [5.41, 5.74) is 0.733. The number of nitrogens with zero attached hydrogens (tertiary/aromatic N) is 4. The molecule has 2 heterocycles. The van der Waals surface area contributed by atoms with Gasteiger partial charge in [0.2, 0.25) is 0 Å². The number of carbonyl (C=O) groups excluding carboxylic acids is 1. The van der Waals surface area contributed by atoms with Gasteiger partial charge in [0.05, 0.1) is 12.1 Å². The molecule has 0 bridgehead atoms. The van der Waals surface area contributed by atoms with Gasteiger partial charge in [0.1, 0.15) is 29.9 Å². The Bertz CT molecular complexity index is 818. The zero-order valence-electron chi connectivity index (χ0n) is 12.1. The molecule has 3 aromatic rings. The highest BCUT2D eigenvalue weighted by Crippen LogP contribution is 2.19. The van der Waals surface area contributed by atoms with Gasteiger partial charge in [0.25, 0.3) is 5.91 Å². The molecule has 8 heteroatoms. The molecule has 0 radical (unpaired) electrons. The van der Waals surface area contributed by atoms with Crippen LogP contribution >= 0.6 is 11.6 Å². The van der Waals surface area contributed by atoms with Gasteiger partial charge in [0.15, 0.2) is 0 Å². The summed E-state index contributed by atoms with van der Waals surface area (Å²) in [4.78, 5) is 16.6. The molecule has 23 heavy (non-hydrogen) atoms. The number of hydrogen-bond donors (Lipinski definition) is 1. The third-order valence-electron chi connectivity index (χ3n) is 3.08. The lowest BCUT2D eigenvalue weighted by Gasteiger charge is -2.08. The van der Waals surface area contributed by atoms with Crippen LogP contribution in [0, 0.1) is 0 Å². The number of rotatable bonds is 4. The van der Waals surface area contributed by atoms with Crippen LogP contribution in [0.15, 0.2) is 49.1 Å². The first-order chi connectivity index (χ1) is 11.2. The number of methoxy groups -OCH3 is 1. The van der Waals surface area contributed by atoms with Gasteiger partial charge >= 0.3 is 0 Å². The van der Waals surface area contributed by atoms with Crippen molar-refractivity contribution in [2.24, 2.45) is 0 Å². The summed E-state index contributed by atoms with van der Waals surface area (Å²) < 4.78 is 6.66. The van der Waals surface area contributed by atoms with E-state index < -0.39 is 5.91 Å². The van der Waals surface area contributed by atoms with Gasteiger partial charge in [-0.25, -0.2) is 4.98 Å². The van der Waals surface area contributed by atoms with Crippen molar-refractivity contribution >= 4 is 23.2 Å². The molecule has 0 saturated heterocycles. The fraction of sp³-hybridized carbons (Fsp3) is 0.0667. The molecule has 0 spiro atoms. The van der Waals surface area contributed by atoms with Crippen LogP contribution in [0.4, 0.5) is 5.69 Å². The maximum absolute atomic E-state index is 12.4. The summed E-state index contributed by atoms with van der Waals surface area (Å²) >= 11 is 6.08. The number of anilines is 1. The van der Waals surface area contributed by atoms with Gasteiger partial charge in [-0.2, -0.15) is 0 Å². The number of nitrogens with one attached hydrogen (secondary N) is 1. The van der Waals surface area contributed by atoms with E-state index in [2.05, 4.69) is 20.5 Å². The number of pyridine rings is 1. The Morgan fingerprint density at radius 3 is 2.48 bits per heavy atom. The number of halogens is 1. The second-order valence-corrected chi connectivity index (χ2v) is 4.96. The van der Waals surface area contributed by atoms with Crippen molar-refractivity contribution < 1.29 is 9.53 Å². The molecule has 0 aliphatic carbocycles. The highest BCUT2D eigenvalue weighted by Gasteiger charge is 2.14. The molecule has 0 saturated carbocycles. The summed E-state index contributed by atoms with van der Waals surface area (Å²) in [6.07, 6.45) is 2.97. The first-order valence-electron chi connectivity index (χ1n) is 6.64. The number of benzene rings is 1. The second-order valence-electron chi connectivity index (χ2n) is 4.55. The van der Waals surface area contributed by atoms with Gasteiger partial charge in [-0.05, 0) is 36.4 Å². The smallest absolute Gasteiger partial charge is 0.275 e. The molecule has 0 fully saturated rings. The molecule has 0 aliphatic heterocycles. The SMILES string of the molecule is COc1ccc(NC(=O)c2nc(-n3cnnc3)ccc2Cl)cc1. The monoisotopic (exact) mass is 329 g/mol. The zero-order valence-corrected chi connectivity index (χ0v) is 12.9. The Balaban J connectivity index is 1.85. The van der Waals surface area contributed by atoms with Crippen molar-refractivity contribution in [1.82, 2.24) is 19.7 Å². The number of hydrogen-bond acceptors (Lipinski definition) is 5. The molecule has 1 N–H and O–H groups in total. The van der Waals surface area contributed by atoms with E-state index in [1.807, 2.05) is 0 Å². The lowest BCUT2D eigenvalue weighted by Crippen LogP contribution is -2.15. The van der Waals surface area contributed by atoms with Crippen LogP contribution in [0.1, 0.15) is 10.5 Å². The van der Waals surface area contributed by atoms with E-state index >= 15 is 0 Å². The molecule has 0 unspecified atom stereocenters. The zero-order chi connectivity index (χ0) is 16.2. The van der Waals surface area contributed by atoms with Crippen molar-refractivity contribution in [3.8, 4) is 11.6 Å². The third kappa shape index (κ3) is 3.29. The molecule has 1 amide bonds. The van der Waals surface area contributed by atoms with Crippen LogP contribution < -0.4 is 10.1 Å². The number of carbonyl (C=O) groups is 1. The Kier molecular flexibility index (Phi) is 4.20. The molecule has 7 nitrogen and oxygen atoms in total. The van der Waals surface area contributed by atoms with Gasteiger partial charge in [-0.1, -0.05) is 11.6 Å². The van der Waals surface area contributed by atoms with E-state index in [9.17, 15) is 4.79 Å². The predicted octanol–water partition coefficient (Wildman–Crippen LogP) is 2.58. The Labute approximate surface area is 136 Å². The maximum Gasteiger partial charge on any atom is 0.275 e. The normalized spacial score (nSPS) is 10.3. The van der Waals surface area contributed by atoms with Crippen molar-refractivity contribution in [3.05, 3.63) is 59.8 Å². The van der Waals surface area contributed by atoms with E-state index in [4.69, 9.17) is 16.3 Å². The topological polar surface area (TPSA) is 81.9 Å². The minimum Gasteiger partial charge on any atom is -0.497 e. The Morgan fingerprint density at radius 1 is 1.13 bits per heavy atom. The highest BCUT2D eigenvalue weighted by molar-refractivity contribution is 6.34. The summed E-state index contributed by atoms with van der Waals surface area (Å²) in [7, 11) is 1.58. The summed E-state index contributed by atoms with van der Waals surface area (Å²) in [6.45, 7) is 0. The van der Waals surface area contributed by atoms with Gasteiger partial charge in [-0.15, -0.1) is 10.2 Å². The molecule has 1 aromatic carbocycles. The van der Waals surface area contributed by atoms with Crippen LogP contribution in [0.3, 0.4) is 0 Å². The first kappa shape index (κ1) is 15.0. The van der Waals surface area contributed by atoms with Crippen LogP contribution in [0.25, 0.3) is 5.82 Å². The third-order valence-corrected chi connectivity index (χ3v) is 3.38. The van der Waals surface area contributed by atoms with E-state index in [0.29, 0.717) is 17.3 Å². The average Bonchev–Trinajstić information content (AvgIpc) is 3.10. The fourth-order valence-corrected chi connectivity index (χ4v) is 2.11. The molecule has 2 aromatic heterocycles. The van der Waals surface area contributed by atoms with Crippen LogP contribution in [0.2, 0.25) is 5.02 Å². The lowest BCUT2D eigenvalue weighted by atomic mass is 10.2. The standard InChI is InChI=1S/C15H12ClN5O2/c1-23-11-4-2-10(3-5-11)19-15(22)14-12(16)6-7-13(20-14)21-8-17-18-9-21/h2-9H,1H3,(H,19,22). The molecule has 116 valence electrons. The number of amides is 1. The van der Waals surface area contributed by atoms with Crippen molar-refractivity contribution in [2.75, 3.05) is 12.4 Å². The van der Waals surface area contributed by atoms with Crippen LogP contribution in [-0.4, -0.2) is 32.8 Å². The second kappa shape index (κ2) is 6.45. The number of aromatic nitrogens is 4. The quantitative estimate of drug-likeness (QED) is 0.795. The maximum atomic E-state index is 12.4. The van der Waals surface area contributed by atoms with E-state index in [1.165, 1.54) is 12.7 Å². The van der Waals surface area contributed by atoms with Gasteiger partial charge in [-0.3, -0.25) is 9.36 Å². The van der Waals surface area contributed by atoms with Crippen molar-refractivity contribution in [1.29, 1.82) is 0 Å². The van der Waals surface area contributed by atoms with Crippen LogP contribution in [-0.2, 0) is 0 Å². The Morgan fingerprint density at radius 2 is 1.83 bits per heavy atom. The molecule has 0 atom stereocenters. The van der Waals surface area contributed by atoms with Crippen LogP contribution in [0.5, 0.6) is 5.75 Å². The van der Waals surface area contributed by atoms with Crippen molar-refractivity contribution in [2.45, 2.75) is 0 Å². The largest absolute Gasteiger partial charge is 0.497 e. The summed E-state index contributed by atoms with van der Waals surface area (Å²) in [5, 5.41) is 10.4. The van der Waals surface area contributed by atoms with Gasteiger partial charge < -0.3 is 10.1 Å². The van der Waals surface area contributed by atoms with E-state index in [0.717, 1.165) is 0 Å². The minimum absolute atomic E-state index is 0.119. The fourth-order valence-electron chi connectivity index (χ4n) is 1.92. The highest BCUT2D eigenvalue weighted by atomic mass is 35.5. The molecule has 0 aliphatic rings.